The van der Waals surface area contributed by atoms with Crippen LogP contribution < -0.4 is 5.32 Å². The molecule has 0 spiro atoms. The van der Waals surface area contributed by atoms with Crippen molar-refractivity contribution in [3.8, 4) is 0 Å². The van der Waals surface area contributed by atoms with Gasteiger partial charge in [0, 0.05) is 18.1 Å². The molecule has 0 bridgehead atoms. The van der Waals surface area contributed by atoms with Crippen molar-refractivity contribution in [3.05, 3.63) is 34.9 Å². The Labute approximate surface area is 180 Å². The first kappa shape index (κ1) is 22.6. The van der Waals surface area contributed by atoms with Gasteiger partial charge in [-0.15, -0.1) is 0 Å². The zero-order valence-electron chi connectivity index (χ0n) is 18.4. The second kappa shape index (κ2) is 8.55. The van der Waals surface area contributed by atoms with E-state index in [1.54, 1.807) is 0 Å². The number of piperidine rings is 1. The van der Waals surface area contributed by atoms with Gasteiger partial charge in [0.15, 0.2) is 0 Å². The molecule has 3 rings (SSSR count). The van der Waals surface area contributed by atoms with Gasteiger partial charge in [0.2, 0.25) is 5.91 Å². The minimum Gasteiger partial charge on any atom is -0.352 e. The number of nitrogens with zero attached hydrogens (tertiary/aromatic N) is 1. The second-order valence-electron chi connectivity index (χ2n) is 10.6. The maximum absolute atomic E-state index is 15.4. The van der Waals surface area contributed by atoms with Crippen molar-refractivity contribution in [2.45, 2.75) is 70.9 Å². The predicted molar refractivity (Wildman–Crippen MR) is 118 cm³/mol. The van der Waals surface area contributed by atoms with E-state index in [9.17, 15) is 4.79 Å². The highest BCUT2D eigenvalue weighted by molar-refractivity contribution is 6.30. The summed E-state index contributed by atoms with van der Waals surface area (Å²) >= 11 is 6.02. The normalized spacial score (nSPS) is 27.3. The lowest BCUT2D eigenvalue weighted by molar-refractivity contribution is -0.132. The maximum Gasteiger partial charge on any atom is 0.230 e. The molecule has 0 aromatic heterocycles. The molecule has 5 heteroatoms. The van der Waals surface area contributed by atoms with Gasteiger partial charge < -0.3 is 10.2 Å². The summed E-state index contributed by atoms with van der Waals surface area (Å²) in [5.74, 6) is 0.465. The van der Waals surface area contributed by atoms with Gasteiger partial charge in [-0.1, -0.05) is 51.4 Å². The number of hydrogen-bond acceptors (Lipinski definition) is 2. The smallest absolute Gasteiger partial charge is 0.230 e. The Morgan fingerprint density at radius 3 is 2.31 bits per heavy atom. The highest BCUT2D eigenvalue weighted by atomic mass is 35.5. The Morgan fingerprint density at radius 1 is 1.21 bits per heavy atom. The molecule has 1 aromatic carbocycles. The number of carbonyl (C=O) groups excluding carboxylic acids is 1. The molecule has 0 unspecified atom stereocenters. The highest BCUT2D eigenvalue weighted by Crippen LogP contribution is 2.48. The van der Waals surface area contributed by atoms with Crippen LogP contribution in [0.15, 0.2) is 24.3 Å². The van der Waals surface area contributed by atoms with Gasteiger partial charge >= 0.3 is 0 Å². The molecule has 1 aliphatic heterocycles. The van der Waals surface area contributed by atoms with Crippen LogP contribution in [0.5, 0.6) is 0 Å². The third-order valence-corrected chi connectivity index (χ3v) is 6.97. The van der Waals surface area contributed by atoms with E-state index >= 15 is 4.39 Å². The summed E-state index contributed by atoms with van der Waals surface area (Å²) in [5.41, 5.74) is -0.547. The van der Waals surface area contributed by atoms with E-state index in [1.807, 2.05) is 24.3 Å². The number of rotatable bonds is 6. The number of hydrogen-bond donors (Lipinski definition) is 1. The summed E-state index contributed by atoms with van der Waals surface area (Å²) < 4.78 is 15.4. The lowest BCUT2D eigenvalue weighted by atomic mass is 9.58. The fourth-order valence-electron chi connectivity index (χ4n) is 4.71. The van der Waals surface area contributed by atoms with Crippen LogP contribution in [-0.2, 0) is 10.2 Å². The van der Waals surface area contributed by atoms with E-state index in [4.69, 9.17) is 11.6 Å². The lowest BCUT2D eigenvalue weighted by Crippen LogP contribution is -2.56. The number of halogens is 2. The van der Waals surface area contributed by atoms with E-state index in [0.29, 0.717) is 29.2 Å². The number of likely N-dealkylation sites (tertiary alicyclic amines) is 1. The molecule has 2 aliphatic rings. The number of alkyl halides is 1. The van der Waals surface area contributed by atoms with Crippen LogP contribution in [0.1, 0.15) is 65.4 Å². The van der Waals surface area contributed by atoms with Crippen LogP contribution in [0.3, 0.4) is 0 Å². The Bertz CT molecular complexity index is 699. The quantitative estimate of drug-likeness (QED) is 0.668. The standard InChI is InChI=1S/C24H36ClFN2O/c1-18-15-24(16-18,19-5-7-20(25)8-6-19)21(29)27-17-23(26)10-13-28(14-11-23)12-9-22(2,3)4/h5-8,18H,9-17H2,1-4H3,(H,27,29). The van der Waals surface area contributed by atoms with Crippen molar-refractivity contribution in [1.82, 2.24) is 10.2 Å². The van der Waals surface area contributed by atoms with Gasteiger partial charge in [-0.3, -0.25) is 4.79 Å². The Hall–Kier alpha value is -1.13. The Kier molecular flexibility index (Phi) is 6.65. The van der Waals surface area contributed by atoms with Gasteiger partial charge in [0.25, 0.3) is 0 Å². The molecular weight excluding hydrogens is 387 g/mol. The molecule has 1 saturated carbocycles. The molecule has 1 N–H and O–H groups in total. The van der Waals surface area contributed by atoms with E-state index in [2.05, 4.69) is 37.9 Å². The van der Waals surface area contributed by atoms with Crippen LogP contribution in [0.25, 0.3) is 0 Å². The number of carbonyl (C=O) groups is 1. The summed E-state index contributed by atoms with van der Waals surface area (Å²) in [5, 5.41) is 3.64. The highest BCUT2D eigenvalue weighted by Gasteiger charge is 2.50. The van der Waals surface area contributed by atoms with E-state index in [-0.39, 0.29) is 12.5 Å². The van der Waals surface area contributed by atoms with Crippen molar-refractivity contribution in [3.63, 3.8) is 0 Å². The van der Waals surface area contributed by atoms with Crippen molar-refractivity contribution in [2.24, 2.45) is 11.3 Å². The molecule has 1 saturated heterocycles. The topological polar surface area (TPSA) is 32.3 Å². The molecule has 1 aliphatic carbocycles. The zero-order valence-corrected chi connectivity index (χ0v) is 19.1. The first-order chi connectivity index (χ1) is 13.5. The summed E-state index contributed by atoms with van der Waals surface area (Å²) in [6.07, 6.45) is 3.70. The van der Waals surface area contributed by atoms with Crippen LogP contribution in [-0.4, -0.2) is 42.7 Å². The average molecular weight is 423 g/mol. The summed E-state index contributed by atoms with van der Waals surface area (Å²) in [6, 6.07) is 7.54. The molecule has 1 heterocycles. The molecule has 2 fully saturated rings. The van der Waals surface area contributed by atoms with E-state index in [0.717, 1.165) is 44.5 Å². The second-order valence-corrected chi connectivity index (χ2v) is 11.0. The average Bonchev–Trinajstić information content (AvgIpc) is 2.63. The molecule has 1 amide bonds. The minimum atomic E-state index is -1.30. The predicted octanol–water partition coefficient (Wildman–Crippen LogP) is 5.36. The summed E-state index contributed by atoms with van der Waals surface area (Å²) in [7, 11) is 0. The van der Waals surface area contributed by atoms with Crippen LogP contribution >= 0.6 is 11.6 Å². The Balaban J connectivity index is 1.55. The van der Waals surface area contributed by atoms with Crippen molar-refractivity contribution in [2.75, 3.05) is 26.2 Å². The van der Waals surface area contributed by atoms with Gasteiger partial charge in [-0.05, 0) is 67.7 Å². The molecule has 29 heavy (non-hydrogen) atoms. The van der Waals surface area contributed by atoms with Crippen molar-refractivity contribution >= 4 is 17.5 Å². The molecule has 3 nitrogen and oxygen atoms in total. The van der Waals surface area contributed by atoms with Crippen LogP contribution in [0, 0.1) is 11.3 Å². The van der Waals surface area contributed by atoms with Gasteiger partial charge in [-0.2, -0.15) is 0 Å². The fourth-order valence-corrected chi connectivity index (χ4v) is 4.83. The van der Waals surface area contributed by atoms with Gasteiger partial charge in [0.1, 0.15) is 5.67 Å². The van der Waals surface area contributed by atoms with Crippen LogP contribution in [0.2, 0.25) is 5.02 Å². The molecule has 1 aromatic rings. The lowest BCUT2D eigenvalue weighted by Gasteiger charge is -2.46. The minimum absolute atomic E-state index is 0.0369. The molecular formula is C24H36ClFN2O. The largest absolute Gasteiger partial charge is 0.352 e. The van der Waals surface area contributed by atoms with Crippen molar-refractivity contribution < 1.29 is 9.18 Å². The summed E-state index contributed by atoms with van der Waals surface area (Å²) in [6.45, 7) is 11.5. The fraction of sp³-hybridized carbons (Fsp3) is 0.708. The van der Waals surface area contributed by atoms with Gasteiger partial charge in [0.05, 0.1) is 12.0 Å². The van der Waals surface area contributed by atoms with E-state index < -0.39 is 11.1 Å². The van der Waals surface area contributed by atoms with Gasteiger partial charge in [-0.25, -0.2) is 4.39 Å². The number of amides is 1. The monoisotopic (exact) mass is 422 g/mol. The Morgan fingerprint density at radius 2 is 1.79 bits per heavy atom. The maximum atomic E-state index is 15.4. The molecule has 162 valence electrons. The molecule has 0 atom stereocenters. The summed E-state index contributed by atoms with van der Waals surface area (Å²) in [4.78, 5) is 15.5. The molecule has 0 radical (unpaired) electrons. The SMILES string of the molecule is CC1CC(C(=O)NCC2(F)CCN(CCC(C)(C)C)CC2)(c2ccc(Cl)cc2)C1. The van der Waals surface area contributed by atoms with E-state index in [1.165, 1.54) is 0 Å². The number of nitrogens with one attached hydrogen (secondary N) is 1. The van der Waals surface area contributed by atoms with Crippen molar-refractivity contribution in [1.29, 1.82) is 0 Å². The third-order valence-electron chi connectivity index (χ3n) is 6.72. The third kappa shape index (κ3) is 5.52. The zero-order chi connectivity index (χ0) is 21.3. The first-order valence-corrected chi connectivity index (χ1v) is 11.3. The number of benzene rings is 1. The first-order valence-electron chi connectivity index (χ1n) is 11.0. The van der Waals surface area contributed by atoms with Crippen LogP contribution in [0.4, 0.5) is 4.39 Å².